The van der Waals surface area contributed by atoms with Crippen molar-refractivity contribution in [3.63, 3.8) is 0 Å². The smallest absolute Gasteiger partial charge is 0.335 e. The number of carboxylic acid groups (broad SMARTS) is 1. The number of carbonyl (C=O) groups is 2. The predicted molar refractivity (Wildman–Crippen MR) is 72.0 cm³/mol. The molecule has 0 heterocycles. The van der Waals surface area contributed by atoms with Crippen LogP contribution in [0.5, 0.6) is 0 Å². The van der Waals surface area contributed by atoms with Crippen LogP contribution in [0.2, 0.25) is 0 Å². The van der Waals surface area contributed by atoms with E-state index in [1.54, 1.807) is 0 Å². The van der Waals surface area contributed by atoms with Crippen LogP contribution in [0.25, 0.3) is 0 Å². The minimum atomic E-state index is -4.07. The van der Waals surface area contributed by atoms with Crippen LogP contribution < -0.4 is 10.0 Å². The Balaban J connectivity index is 3.02. The van der Waals surface area contributed by atoms with E-state index in [1.807, 2.05) is 0 Å². The molecule has 0 aliphatic carbocycles. The van der Waals surface area contributed by atoms with E-state index < -0.39 is 32.3 Å². The highest BCUT2D eigenvalue weighted by Crippen LogP contribution is 2.20. The van der Waals surface area contributed by atoms with Crippen LogP contribution in [0.15, 0.2) is 17.0 Å². The summed E-state index contributed by atoms with van der Waals surface area (Å²) >= 11 is 0. The van der Waals surface area contributed by atoms with Crippen LogP contribution in [-0.4, -0.2) is 38.5 Å². The van der Waals surface area contributed by atoms with Crippen molar-refractivity contribution in [1.82, 2.24) is 10.0 Å². The van der Waals surface area contributed by atoms with Crippen LogP contribution >= 0.6 is 0 Å². The molecule has 21 heavy (non-hydrogen) atoms. The highest BCUT2D eigenvalue weighted by molar-refractivity contribution is 7.89. The van der Waals surface area contributed by atoms with Crippen LogP contribution in [0.3, 0.4) is 0 Å². The Hall–Kier alpha value is -2.00. The molecule has 0 saturated heterocycles. The van der Waals surface area contributed by atoms with Crippen molar-refractivity contribution in [2.75, 3.05) is 13.1 Å². The molecule has 0 bridgehead atoms. The monoisotopic (exact) mass is 318 g/mol. The number of aromatic carboxylic acids is 1. The topological polar surface area (TPSA) is 113 Å². The third-order valence-electron chi connectivity index (χ3n) is 2.62. The van der Waals surface area contributed by atoms with Gasteiger partial charge in [0, 0.05) is 25.6 Å². The summed E-state index contributed by atoms with van der Waals surface area (Å²) in [5, 5.41) is 11.2. The Labute approximate surface area is 121 Å². The van der Waals surface area contributed by atoms with Gasteiger partial charge in [-0.3, -0.25) is 4.79 Å². The van der Waals surface area contributed by atoms with Gasteiger partial charge in [0.2, 0.25) is 15.9 Å². The molecule has 0 aliphatic rings. The second-order valence-corrected chi connectivity index (χ2v) is 6.00. The van der Waals surface area contributed by atoms with Gasteiger partial charge >= 0.3 is 5.97 Å². The molecule has 116 valence electrons. The van der Waals surface area contributed by atoms with Crippen molar-refractivity contribution in [3.05, 3.63) is 29.1 Å². The van der Waals surface area contributed by atoms with Crippen LogP contribution in [0, 0.1) is 12.7 Å². The summed E-state index contributed by atoms with van der Waals surface area (Å²) in [7, 11) is -4.07. The largest absolute Gasteiger partial charge is 0.478 e. The molecule has 0 saturated carbocycles. The molecule has 1 aromatic rings. The summed E-state index contributed by atoms with van der Waals surface area (Å²) in [6, 6.07) is 1.65. The number of carbonyl (C=O) groups excluding carboxylic acids is 1. The molecule has 0 radical (unpaired) electrons. The standard InChI is InChI=1S/C12H15FN2O5S/c1-7-10(13)5-9(12(17)18)6-11(7)21(19,20)15-4-3-14-8(2)16/h5-6,15H,3-4H2,1-2H3,(H,14,16)(H,17,18). The average molecular weight is 318 g/mol. The van der Waals surface area contributed by atoms with E-state index in [9.17, 15) is 22.4 Å². The van der Waals surface area contributed by atoms with Crippen molar-refractivity contribution in [2.24, 2.45) is 0 Å². The number of benzene rings is 1. The van der Waals surface area contributed by atoms with Gasteiger partial charge in [0.1, 0.15) is 5.82 Å². The van der Waals surface area contributed by atoms with E-state index in [0.29, 0.717) is 0 Å². The van der Waals surface area contributed by atoms with Gasteiger partial charge in [-0.1, -0.05) is 0 Å². The Morgan fingerprint density at radius 1 is 1.29 bits per heavy atom. The van der Waals surface area contributed by atoms with Crippen molar-refractivity contribution in [2.45, 2.75) is 18.7 Å². The van der Waals surface area contributed by atoms with Gasteiger partial charge in [-0.15, -0.1) is 0 Å². The minimum absolute atomic E-state index is 0.0642. The average Bonchev–Trinajstić information content (AvgIpc) is 2.37. The zero-order valence-corrected chi connectivity index (χ0v) is 12.3. The number of nitrogens with one attached hydrogen (secondary N) is 2. The number of amides is 1. The maximum absolute atomic E-state index is 13.6. The lowest BCUT2D eigenvalue weighted by Crippen LogP contribution is -2.34. The summed E-state index contributed by atoms with van der Waals surface area (Å²) in [5.41, 5.74) is -0.632. The SMILES string of the molecule is CC(=O)NCCNS(=O)(=O)c1cc(C(=O)O)cc(F)c1C. The molecule has 1 rings (SSSR count). The fourth-order valence-electron chi connectivity index (χ4n) is 1.56. The zero-order valence-electron chi connectivity index (χ0n) is 11.4. The number of sulfonamides is 1. The van der Waals surface area contributed by atoms with E-state index >= 15 is 0 Å². The van der Waals surface area contributed by atoms with E-state index in [1.165, 1.54) is 13.8 Å². The normalized spacial score (nSPS) is 11.2. The van der Waals surface area contributed by atoms with E-state index in [2.05, 4.69) is 10.0 Å². The van der Waals surface area contributed by atoms with Gasteiger partial charge in [0.05, 0.1) is 10.5 Å². The van der Waals surface area contributed by atoms with E-state index in [0.717, 1.165) is 12.1 Å². The van der Waals surface area contributed by atoms with E-state index in [-0.39, 0.29) is 24.6 Å². The Kier molecular flexibility index (Phi) is 5.39. The molecule has 0 aromatic heterocycles. The fraction of sp³-hybridized carbons (Fsp3) is 0.333. The van der Waals surface area contributed by atoms with Crippen LogP contribution in [-0.2, 0) is 14.8 Å². The lowest BCUT2D eigenvalue weighted by atomic mass is 10.1. The molecule has 0 atom stereocenters. The highest BCUT2D eigenvalue weighted by Gasteiger charge is 2.21. The molecule has 0 spiro atoms. The first-order chi connectivity index (χ1) is 9.65. The molecular weight excluding hydrogens is 303 g/mol. The maximum atomic E-state index is 13.6. The molecule has 0 aliphatic heterocycles. The number of halogens is 1. The molecule has 0 fully saturated rings. The highest BCUT2D eigenvalue weighted by atomic mass is 32.2. The van der Waals surface area contributed by atoms with Gasteiger partial charge in [-0.25, -0.2) is 22.3 Å². The first kappa shape index (κ1) is 17.1. The van der Waals surface area contributed by atoms with Gasteiger partial charge in [0.25, 0.3) is 0 Å². The number of hydrogen-bond acceptors (Lipinski definition) is 4. The molecule has 7 nitrogen and oxygen atoms in total. The third kappa shape index (κ3) is 4.50. The predicted octanol–water partition coefficient (Wildman–Crippen LogP) is 0.247. The second kappa shape index (κ2) is 6.64. The van der Waals surface area contributed by atoms with Gasteiger partial charge in [0.15, 0.2) is 0 Å². The van der Waals surface area contributed by atoms with Crippen molar-refractivity contribution in [3.8, 4) is 0 Å². The first-order valence-corrected chi connectivity index (χ1v) is 7.41. The lowest BCUT2D eigenvalue weighted by Gasteiger charge is -2.11. The third-order valence-corrected chi connectivity index (χ3v) is 4.21. The summed E-state index contributed by atoms with van der Waals surface area (Å²) in [6.07, 6.45) is 0. The second-order valence-electron chi connectivity index (χ2n) is 4.27. The Morgan fingerprint density at radius 3 is 2.43 bits per heavy atom. The Bertz CT molecular complexity index is 672. The molecular formula is C12H15FN2O5S. The summed E-state index contributed by atoms with van der Waals surface area (Å²) < 4.78 is 39.9. The van der Waals surface area contributed by atoms with E-state index in [4.69, 9.17) is 5.11 Å². The van der Waals surface area contributed by atoms with Crippen molar-refractivity contribution in [1.29, 1.82) is 0 Å². The maximum Gasteiger partial charge on any atom is 0.335 e. The van der Waals surface area contributed by atoms with Crippen molar-refractivity contribution < 1.29 is 27.5 Å². The summed E-state index contributed by atoms with van der Waals surface area (Å²) in [4.78, 5) is 21.1. The first-order valence-electron chi connectivity index (χ1n) is 5.92. The van der Waals surface area contributed by atoms with Crippen molar-refractivity contribution >= 4 is 21.9 Å². The van der Waals surface area contributed by atoms with Gasteiger partial charge < -0.3 is 10.4 Å². The number of carboxylic acids is 1. The number of rotatable bonds is 6. The quantitative estimate of drug-likeness (QED) is 0.651. The number of hydrogen-bond donors (Lipinski definition) is 3. The molecule has 1 amide bonds. The molecule has 9 heteroatoms. The molecule has 1 aromatic carbocycles. The fourth-order valence-corrected chi connectivity index (χ4v) is 2.87. The van der Waals surface area contributed by atoms with Gasteiger partial charge in [-0.2, -0.15) is 0 Å². The van der Waals surface area contributed by atoms with Gasteiger partial charge in [-0.05, 0) is 19.1 Å². The molecule has 0 unspecified atom stereocenters. The zero-order chi connectivity index (χ0) is 16.2. The summed E-state index contributed by atoms with van der Waals surface area (Å²) in [5.74, 6) is -2.66. The summed E-state index contributed by atoms with van der Waals surface area (Å²) in [6.45, 7) is 2.49. The Morgan fingerprint density at radius 2 is 1.90 bits per heavy atom. The lowest BCUT2D eigenvalue weighted by molar-refractivity contribution is -0.118. The molecule has 3 N–H and O–H groups in total. The van der Waals surface area contributed by atoms with Crippen LogP contribution in [0.4, 0.5) is 4.39 Å². The van der Waals surface area contributed by atoms with Crippen LogP contribution in [0.1, 0.15) is 22.8 Å². The minimum Gasteiger partial charge on any atom is -0.478 e.